The standard InChI is InChI=1S/C15H26N2O/c1-2-17(14-9-6-10-16-12-14)15(18)11-13-7-4-3-5-8-13/h7,14,16H,2-6,8-12H2,1H3. The average Bonchev–Trinajstić information content (AvgIpc) is 2.42. The molecular weight excluding hydrogens is 224 g/mol. The lowest BCUT2D eigenvalue weighted by molar-refractivity contribution is -0.133. The first-order valence-corrected chi connectivity index (χ1v) is 7.49. The summed E-state index contributed by atoms with van der Waals surface area (Å²) in [6.45, 7) is 5.02. The largest absolute Gasteiger partial charge is 0.338 e. The van der Waals surface area contributed by atoms with Gasteiger partial charge in [0.1, 0.15) is 0 Å². The zero-order chi connectivity index (χ0) is 12.8. The molecule has 1 amide bonds. The van der Waals surface area contributed by atoms with Crippen LogP contribution in [0.15, 0.2) is 11.6 Å². The molecule has 3 heteroatoms. The number of allylic oxidation sites excluding steroid dienone is 1. The minimum Gasteiger partial charge on any atom is -0.338 e. The summed E-state index contributed by atoms with van der Waals surface area (Å²) in [5.41, 5.74) is 1.37. The summed E-state index contributed by atoms with van der Waals surface area (Å²) in [6.07, 6.45) is 10.1. The number of hydrogen-bond acceptors (Lipinski definition) is 2. The fraction of sp³-hybridized carbons (Fsp3) is 0.800. The minimum absolute atomic E-state index is 0.333. The Morgan fingerprint density at radius 2 is 2.33 bits per heavy atom. The summed E-state index contributed by atoms with van der Waals surface area (Å²) < 4.78 is 0. The van der Waals surface area contributed by atoms with E-state index in [2.05, 4.69) is 23.2 Å². The topological polar surface area (TPSA) is 32.3 Å². The van der Waals surface area contributed by atoms with E-state index in [4.69, 9.17) is 0 Å². The van der Waals surface area contributed by atoms with E-state index >= 15 is 0 Å². The highest BCUT2D eigenvalue weighted by molar-refractivity contribution is 5.79. The lowest BCUT2D eigenvalue weighted by Gasteiger charge is -2.34. The Labute approximate surface area is 111 Å². The van der Waals surface area contributed by atoms with Gasteiger partial charge in [-0.25, -0.2) is 0 Å². The molecule has 1 heterocycles. The zero-order valence-corrected chi connectivity index (χ0v) is 11.6. The summed E-state index contributed by atoms with van der Waals surface area (Å²) in [6, 6.07) is 0.417. The van der Waals surface area contributed by atoms with Crippen LogP contribution in [0, 0.1) is 0 Å². The maximum atomic E-state index is 12.4. The van der Waals surface area contributed by atoms with Crippen molar-refractivity contribution in [2.45, 2.75) is 57.9 Å². The van der Waals surface area contributed by atoms with Crippen molar-refractivity contribution < 1.29 is 4.79 Å². The van der Waals surface area contributed by atoms with Crippen LogP contribution in [0.4, 0.5) is 0 Å². The third kappa shape index (κ3) is 3.58. The van der Waals surface area contributed by atoms with E-state index in [0.29, 0.717) is 18.4 Å². The third-order valence-corrected chi connectivity index (χ3v) is 4.14. The van der Waals surface area contributed by atoms with E-state index in [1.807, 2.05) is 0 Å². The van der Waals surface area contributed by atoms with Crippen molar-refractivity contribution in [1.29, 1.82) is 0 Å². The number of rotatable bonds is 4. The quantitative estimate of drug-likeness (QED) is 0.777. The molecule has 1 aliphatic heterocycles. The van der Waals surface area contributed by atoms with E-state index in [1.54, 1.807) is 0 Å². The van der Waals surface area contributed by atoms with Crippen LogP contribution in [0.2, 0.25) is 0 Å². The van der Waals surface area contributed by atoms with Gasteiger partial charge in [-0.3, -0.25) is 4.79 Å². The second-order valence-corrected chi connectivity index (χ2v) is 5.46. The van der Waals surface area contributed by atoms with Crippen LogP contribution in [0.25, 0.3) is 0 Å². The van der Waals surface area contributed by atoms with Gasteiger partial charge in [0.05, 0.1) is 0 Å². The summed E-state index contributed by atoms with van der Waals surface area (Å²) in [7, 11) is 0. The number of carbonyl (C=O) groups is 1. The monoisotopic (exact) mass is 250 g/mol. The number of likely N-dealkylation sites (N-methyl/N-ethyl adjacent to an activating group) is 1. The van der Waals surface area contributed by atoms with Gasteiger partial charge >= 0.3 is 0 Å². The first kappa shape index (κ1) is 13.6. The molecule has 18 heavy (non-hydrogen) atoms. The molecule has 2 aliphatic rings. The van der Waals surface area contributed by atoms with Gasteiger partial charge in [0.25, 0.3) is 0 Å². The minimum atomic E-state index is 0.333. The highest BCUT2D eigenvalue weighted by Crippen LogP contribution is 2.22. The molecule has 1 fully saturated rings. The number of piperidine rings is 1. The first-order valence-electron chi connectivity index (χ1n) is 7.49. The number of carbonyl (C=O) groups excluding carboxylic acids is 1. The van der Waals surface area contributed by atoms with E-state index in [9.17, 15) is 4.79 Å². The van der Waals surface area contributed by atoms with Crippen LogP contribution < -0.4 is 5.32 Å². The van der Waals surface area contributed by atoms with Gasteiger partial charge in [0, 0.05) is 25.6 Å². The maximum absolute atomic E-state index is 12.4. The number of nitrogens with one attached hydrogen (secondary N) is 1. The molecule has 0 aromatic heterocycles. The van der Waals surface area contributed by atoms with Crippen LogP contribution in [-0.4, -0.2) is 36.5 Å². The van der Waals surface area contributed by atoms with Crippen LogP contribution in [0.3, 0.4) is 0 Å². The lowest BCUT2D eigenvalue weighted by atomic mass is 9.96. The molecule has 1 unspecified atom stereocenters. The predicted molar refractivity (Wildman–Crippen MR) is 74.4 cm³/mol. The van der Waals surface area contributed by atoms with Crippen LogP contribution in [0.1, 0.15) is 51.9 Å². The Balaban J connectivity index is 1.89. The smallest absolute Gasteiger partial charge is 0.226 e. The molecule has 0 spiro atoms. The van der Waals surface area contributed by atoms with Crippen molar-refractivity contribution in [2.24, 2.45) is 0 Å². The Hall–Kier alpha value is -0.830. The summed E-state index contributed by atoms with van der Waals surface area (Å²) in [5, 5.41) is 3.40. The van der Waals surface area contributed by atoms with Gasteiger partial charge in [-0.05, 0) is 52.0 Å². The SMILES string of the molecule is CCN(C(=O)CC1=CCCCC1)C1CCCNC1. The Bertz CT molecular complexity index is 306. The molecule has 3 nitrogen and oxygen atoms in total. The molecule has 1 atom stereocenters. The van der Waals surface area contributed by atoms with Crippen molar-refractivity contribution >= 4 is 5.91 Å². The normalized spacial score (nSPS) is 24.5. The van der Waals surface area contributed by atoms with Gasteiger partial charge in [0.2, 0.25) is 5.91 Å². The van der Waals surface area contributed by atoms with Crippen molar-refractivity contribution in [1.82, 2.24) is 10.2 Å². The predicted octanol–water partition coefficient (Wildman–Crippen LogP) is 2.48. The van der Waals surface area contributed by atoms with Crippen molar-refractivity contribution in [3.05, 3.63) is 11.6 Å². The summed E-state index contributed by atoms with van der Waals surface area (Å²) in [4.78, 5) is 14.5. The van der Waals surface area contributed by atoms with Gasteiger partial charge in [-0.1, -0.05) is 11.6 Å². The Morgan fingerprint density at radius 3 is 2.94 bits per heavy atom. The molecule has 1 saturated heterocycles. The molecule has 0 saturated carbocycles. The molecule has 0 bridgehead atoms. The first-order chi connectivity index (χ1) is 8.81. The second kappa shape index (κ2) is 6.93. The maximum Gasteiger partial charge on any atom is 0.226 e. The van der Waals surface area contributed by atoms with Gasteiger partial charge in [0.15, 0.2) is 0 Å². The van der Waals surface area contributed by atoms with E-state index in [1.165, 1.54) is 31.3 Å². The summed E-state index contributed by atoms with van der Waals surface area (Å²) in [5.74, 6) is 0.333. The van der Waals surface area contributed by atoms with Crippen molar-refractivity contribution in [2.75, 3.05) is 19.6 Å². The molecule has 0 aromatic carbocycles. The number of nitrogens with zero attached hydrogens (tertiary/aromatic N) is 1. The van der Waals surface area contributed by atoms with Crippen LogP contribution >= 0.6 is 0 Å². The van der Waals surface area contributed by atoms with E-state index in [-0.39, 0.29) is 0 Å². The molecule has 1 aliphatic carbocycles. The number of hydrogen-bond donors (Lipinski definition) is 1. The van der Waals surface area contributed by atoms with Crippen LogP contribution in [-0.2, 0) is 4.79 Å². The molecular formula is C15H26N2O. The summed E-state index contributed by atoms with van der Waals surface area (Å²) >= 11 is 0. The van der Waals surface area contributed by atoms with E-state index in [0.717, 1.165) is 32.5 Å². The van der Waals surface area contributed by atoms with Crippen LogP contribution in [0.5, 0.6) is 0 Å². The second-order valence-electron chi connectivity index (χ2n) is 5.46. The Kier molecular flexibility index (Phi) is 5.24. The van der Waals surface area contributed by atoms with Gasteiger partial charge < -0.3 is 10.2 Å². The van der Waals surface area contributed by atoms with Crippen molar-refractivity contribution in [3.8, 4) is 0 Å². The molecule has 1 N–H and O–H groups in total. The highest BCUT2D eigenvalue weighted by Gasteiger charge is 2.24. The molecule has 0 radical (unpaired) electrons. The van der Waals surface area contributed by atoms with Gasteiger partial charge in [-0.15, -0.1) is 0 Å². The molecule has 0 aromatic rings. The van der Waals surface area contributed by atoms with Gasteiger partial charge in [-0.2, -0.15) is 0 Å². The fourth-order valence-electron chi connectivity index (χ4n) is 3.10. The van der Waals surface area contributed by atoms with E-state index < -0.39 is 0 Å². The van der Waals surface area contributed by atoms with Crippen molar-refractivity contribution in [3.63, 3.8) is 0 Å². The number of amides is 1. The highest BCUT2D eigenvalue weighted by atomic mass is 16.2. The Morgan fingerprint density at radius 1 is 1.44 bits per heavy atom. The average molecular weight is 250 g/mol. The third-order valence-electron chi connectivity index (χ3n) is 4.14. The lowest BCUT2D eigenvalue weighted by Crippen LogP contribution is -2.48. The molecule has 102 valence electrons. The fourth-order valence-corrected chi connectivity index (χ4v) is 3.10. The molecule has 2 rings (SSSR count). The zero-order valence-electron chi connectivity index (χ0n) is 11.6.